The van der Waals surface area contributed by atoms with Crippen molar-refractivity contribution in [1.29, 1.82) is 0 Å². The van der Waals surface area contributed by atoms with Crippen LogP contribution in [-0.2, 0) is 9.84 Å². The van der Waals surface area contributed by atoms with E-state index in [1.165, 1.54) is 0 Å². The van der Waals surface area contributed by atoms with Gasteiger partial charge in [0.15, 0.2) is 9.84 Å². The summed E-state index contributed by atoms with van der Waals surface area (Å²) in [6, 6.07) is 15.3. The maximum atomic E-state index is 12.5. The minimum atomic E-state index is -3.38. The lowest BCUT2D eigenvalue weighted by Crippen LogP contribution is -2.15. The Labute approximate surface area is 123 Å². The number of benzene rings is 2. The number of sulfone groups is 1. The minimum Gasteiger partial charge on any atom is -0.326 e. The second-order valence-electron chi connectivity index (χ2n) is 4.98. The van der Waals surface area contributed by atoms with Gasteiger partial charge in [0, 0.05) is 17.0 Å². The summed E-state index contributed by atoms with van der Waals surface area (Å²) in [6.45, 7) is 0. The van der Waals surface area contributed by atoms with Crippen molar-refractivity contribution >= 4 is 21.4 Å². The van der Waals surface area contributed by atoms with Crippen LogP contribution in [0.25, 0.3) is 0 Å². The van der Waals surface area contributed by atoms with Gasteiger partial charge in [0.2, 0.25) is 0 Å². The summed E-state index contributed by atoms with van der Waals surface area (Å²) in [5.41, 5.74) is 6.91. The van der Waals surface area contributed by atoms with Crippen molar-refractivity contribution in [1.82, 2.24) is 0 Å². The molecule has 0 aromatic heterocycles. The molecule has 0 amide bonds. The van der Waals surface area contributed by atoms with Crippen LogP contribution >= 0.6 is 11.6 Å². The quantitative estimate of drug-likeness (QED) is 0.948. The van der Waals surface area contributed by atoms with E-state index in [0.717, 1.165) is 5.56 Å². The van der Waals surface area contributed by atoms with Crippen molar-refractivity contribution in [3.63, 3.8) is 0 Å². The van der Waals surface area contributed by atoms with Crippen molar-refractivity contribution in [2.75, 3.05) is 0 Å². The minimum absolute atomic E-state index is 0.155. The molecule has 104 valence electrons. The number of halogens is 1. The molecule has 1 aliphatic carbocycles. The first-order chi connectivity index (χ1) is 9.51. The maximum Gasteiger partial charge on any atom is 0.183 e. The van der Waals surface area contributed by atoms with Gasteiger partial charge in [-0.2, -0.15) is 0 Å². The Kier molecular flexibility index (Phi) is 3.32. The lowest BCUT2D eigenvalue weighted by Gasteiger charge is -2.03. The molecule has 0 saturated heterocycles. The van der Waals surface area contributed by atoms with Gasteiger partial charge >= 0.3 is 0 Å². The van der Waals surface area contributed by atoms with Crippen molar-refractivity contribution in [2.24, 2.45) is 5.73 Å². The van der Waals surface area contributed by atoms with Crippen molar-refractivity contribution in [3.8, 4) is 0 Å². The summed E-state index contributed by atoms with van der Waals surface area (Å²) in [6.07, 6.45) is 0. The van der Waals surface area contributed by atoms with Gasteiger partial charge in [-0.15, -0.1) is 0 Å². The molecule has 2 aromatic carbocycles. The van der Waals surface area contributed by atoms with E-state index in [1.54, 1.807) is 42.5 Å². The molecule has 1 aliphatic rings. The standard InChI is InChI=1S/C15H14ClNO2S/c16-11-8-6-10(7-9-11)13-14(17)15(13)20(18,19)12-4-2-1-3-5-12/h1-9,13-15H,17H2/t13-,14+,15+/m1/s1. The lowest BCUT2D eigenvalue weighted by atomic mass is 10.1. The van der Waals surface area contributed by atoms with E-state index in [9.17, 15) is 8.42 Å². The van der Waals surface area contributed by atoms with Crippen LogP contribution in [0, 0.1) is 0 Å². The van der Waals surface area contributed by atoms with E-state index in [4.69, 9.17) is 17.3 Å². The Bertz CT molecular complexity index is 713. The SMILES string of the molecule is N[C@H]1[C@@H](c2ccc(Cl)cc2)[C@@H]1S(=O)(=O)c1ccccc1. The van der Waals surface area contributed by atoms with Gasteiger partial charge in [-0.3, -0.25) is 0 Å². The monoisotopic (exact) mass is 307 g/mol. The topological polar surface area (TPSA) is 60.2 Å². The molecule has 2 N–H and O–H groups in total. The van der Waals surface area contributed by atoms with E-state index in [0.29, 0.717) is 9.92 Å². The molecule has 3 rings (SSSR count). The van der Waals surface area contributed by atoms with Crippen LogP contribution < -0.4 is 5.73 Å². The third kappa shape index (κ3) is 2.24. The highest BCUT2D eigenvalue weighted by molar-refractivity contribution is 7.92. The fraction of sp³-hybridized carbons (Fsp3) is 0.200. The predicted molar refractivity (Wildman–Crippen MR) is 79.6 cm³/mol. The molecule has 3 atom stereocenters. The molecular weight excluding hydrogens is 294 g/mol. The summed E-state index contributed by atoms with van der Waals surface area (Å²) in [7, 11) is -3.38. The Morgan fingerprint density at radius 2 is 1.55 bits per heavy atom. The maximum absolute atomic E-state index is 12.5. The van der Waals surface area contributed by atoms with Crippen LogP contribution in [0.4, 0.5) is 0 Å². The van der Waals surface area contributed by atoms with E-state index >= 15 is 0 Å². The number of nitrogens with two attached hydrogens (primary N) is 1. The normalized spacial score (nSPS) is 25.4. The summed E-state index contributed by atoms with van der Waals surface area (Å²) in [5.74, 6) is -0.155. The summed E-state index contributed by atoms with van der Waals surface area (Å²) in [4.78, 5) is 0.330. The molecule has 0 aliphatic heterocycles. The van der Waals surface area contributed by atoms with Gasteiger partial charge in [-0.25, -0.2) is 8.42 Å². The fourth-order valence-corrected chi connectivity index (χ4v) is 4.76. The fourth-order valence-electron chi connectivity index (χ4n) is 2.57. The largest absolute Gasteiger partial charge is 0.326 e. The number of hydrogen-bond donors (Lipinski definition) is 1. The Morgan fingerprint density at radius 1 is 0.950 bits per heavy atom. The zero-order valence-corrected chi connectivity index (χ0v) is 12.2. The van der Waals surface area contributed by atoms with Crippen LogP contribution in [0.1, 0.15) is 11.5 Å². The molecule has 1 saturated carbocycles. The molecule has 20 heavy (non-hydrogen) atoms. The van der Waals surface area contributed by atoms with Gasteiger partial charge < -0.3 is 5.73 Å². The van der Waals surface area contributed by atoms with Gasteiger partial charge in [-0.05, 0) is 29.8 Å². The van der Waals surface area contributed by atoms with Crippen molar-refractivity contribution < 1.29 is 8.42 Å². The third-order valence-electron chi connectivity index (χ3n) is 3.69. The van der Waals surface area contributed by atoms with Gasteiger partial charge in [-0.1, -0.05) is 41.9 Å². The molecule has 0 unspecified atom stereocenters. The van der Waals surface area contributed by atoms with Crippen LogP contribution in [0.2, 0.25) is 5.02 Å². The second-order valence-corrected chi connectivity index (χ2v) is 7.52. The lowest BCUT2D eigenvalue weighted by molar-refractivity contribution is 0.593. The van der Waals surface area contributed by atoms with E-state index in [-0.39, 0.29) is 12.0 Å². The Morgan fingerprint density at radius 3 is 2.15 bits per heavy atom. The number of rotatable bonds is 3. The van der Waals surface area contributed by atoms with Crippen LogP contribution in [0.3, 0.4) is 0 Å². The van der Waals surface area contributed by atoms with Crippen molar-refractivity contribution in [3.05, 3.63) is 65.2 Å². The summed E-state index contributed by atoms with van der Waals surface area (Å²) < 4.78 is 25.1. The Balaban J connectivity index is 1.91. The Hall–Kier alpha value is -1.36. The van der Waals surface area contributed by atoms with E-state index < -0.39 is 15.1 Å². The van der Waals surface area contributed by atoms with Crippen LogP contribution in [0.5, 0.6) is 0 Å². The smallest absolute Gasteiger partial charge is 0.183 e. The van der Waals surface area contributed by atoms with Crippen LogP contribution in [-0.4, -0.2) is 19.7 Å². The highest BCUT2D eigenvalue weighted by atomic mass is 35.5. The molecule has 5 heteroatoms. The molecule has 0 spiro atoms. The third-order valence-corrected chi connectivity index (χ3v) is 6.20. The zero-order chi connectivity index (χ0) is 14.3. The highest BCUT2D eigenvalue weighted by Gasteiger charge is 2.56. The first kappa shape index (κ1) is 13.6. The molecule has 0 heterocycles. The zero-order valence-electron chi connectivity index (χ0n) is 10.6. The van der Waals surface area contributed by atoms with Crippen molar-refractivity contribution in [2.45, 2.75) is 22.1 Å². The average molecular weight is 308 g/mol. The van der Waals surface area contributed by atoms with Gasteiger partial charge in [0.05, 0.1) is 10.1 Å². The highest BCUT2D eigenvalue weighted by Crippen LogP contribution is 2.47. The summed E-state index contributed by atoms with van der Waals surface area (Å²) in [5, 5.41) is 0.0801. The predicted octanol–water partition coefficient (Wildman–Crippen LogP) is 2.61. The molecular formula is C15H14ClNO2S. The average Bonchev–Trinajstić information content (AvgIpc) is 3.13. The van der Waals surface area contributed by atoms with Crippen LogP contribution in [0.15, 0.2) is 59.5 Å². The molecule has 2 aromatic rings. The first-order valence-corrected chi connectivity index (χ1v) is 8.24. The summed E-state index contributed by atoms with van der Waals surface area (Å²) >= 11 is 5.85. The first-order valence-electron chi connectivity index (χ1n) is 6.32. The molecule has 0 bridgehead atoms. The van der Waals surface area contributed by atoms with E-state index in [1.807, 2.05) is 12.1 Å². The van der Waals surface area contributed by atoms with Gasteiger partial charge in [0.25, 0.3) is 0 Å². The number of hydrogen-bond acceptors (Lipinski definition) is 3. The molecule has 0 radical (unpaired) electrons. The second kappa shape index (κ2) is 4.88. The molecule has 1 fully saturated rings. The van der Waals surface area contributed by atoms with Gasteiger partial charge in [0.1, 0.15) is 0 Å². The van der Waals surface area contributed by atoms with E-state index in [2.05, 4.69) is 0 Å². The molecule has 3 nitrogen and oxygen atoms in total.